The first-order valence-corrected chi connectivity index (χ1v) is 7.29. The van der Waals surface area contributed by atoms with E-state index in [0.717, 1.165) is 12.8 Å². The lowest BCUT2D eigenvalue weighted by Gasteiger charge is -2.20. The van der Waals surface area contributed by atoms with Gasteiger partial charge in [0.15, 0.2) is 5.82 Å². The van der Waals surface area contributed by atoms with Gasteiger partial charge in [-0.15, -0.1) is 0 Å². The van der Waals surface area contributed by atoms with Gasteiger partial charge in [-0.3, -0.25) is 14.2 Å². The summed E-state index contributed by atoms with van der Waals surface area (Å²) in [4.78, 5) is 28.1. The Morgan fingerprint density at radius 3 is 2.75 bits per heavy atom. The molecule has 1 aliphatic carbocycles. The summed E-state index contributed by atoms with van der Waals surface area (Å²) in [6.07, 6.45) is 3.60. The molecule has 1 saturated carbocycles. The maximum Gasteiger partial charge on any atom is 0.326 e. The molecule has 0 spiro atoms. The highest BCUT2D eigenvalue weighted by molar-refractivity contribution is 9.10. The highest BCUT2D eigenvalue weighted by Crippen LogP contribution is 2.22. The molecule has 0 amide bonds. The minimum Gasteiger partial charge on any atom is -0.459 e. The van der Waals surface area contributed by atoms with Gasteiger partial charge in [0.1, 0.15) is 16.7 Å². The Morgan fingerprint density at radius 2 is 2.20 bits per heavy atom. The van der Waals surface area contributed by atoms with Gasteiger partial charge in [0, 0.05) is 6.04 Å². The predicted octanol–water partition coefficient (Wildman–Crippen LogP) is 1.92. The van der Waals surface area contributed by atoms with Gasteiger partial charge < -0.3 is 10.1 Å². The van der Waals surface area contributed by atoms with Crippen LogP contribution in [0.5, 0.6) is 0 Å². The van der Waals surface area contributed by atoms with E-state index in [1.54, 1.807) is 20.8 Å². The zero-order valence-electron chi connectivity index (χ0n) is 11.8. The van der Waals surface area contributed by atoms with E-state index >= 15 is 0 Å². The first-order chi connectivity index (χ1) is 9.26. The molecule has 110 valence electrons. The van der Waals surface area contributed by atoms with Gasteiger partial charge in [-0.1, -0.05) is 0 Å². The number of esters is 1. The highest BCUT2D eigenvalue weighted by Gasteiger charge is 2.24. The second-order valence-electron chi connectivity index (χ2n) is 5.83. The third-order valence-electron chi connectivity index (χ3n) is 2.63. The Labute approximate surface area is 125 Å². The lowest BCUT2D eigenvalue weighted by molar-refractivity contribution is -0.155. The number of nitrogens with one attached hydrogen (secondary N) is 1. The van der Waals surface area contributed by atoms with Crippen LogP contribution < -0.4 is 10.9 Å². The van der Waals surface area contributed by atoms with E-state index in [4.69, 9.17) is 4.74 Å². The summed E-state index contributed by atoms with van der Waals surface area (Å²) in [6, 6.07) is 0.325. The number of halogens is 1. The normalized spacial score (nSPS) is 15.0. The number of nitrogens with zero attached hydrogens (tertiary/aromatic N) is 2. The molecule has 1 fully saturated rings. The topological polar surface area (TPSA) is 73.2 Å². The standard InChI is InChI=1S/C13H18BrN3O3/c1-13(2,3)20-10(18)7-17-9(14)6-15-11(12(17)19)16-8-4-5-8/h6,8H,4-5,7H2,1-3H3,(H,15,16). The van der Waals surface area contributed by atoms with Crippen LogP contribution in [-0.2, 0) is 16.1 Å². The number of carbonyl (C=O) groups excluding carboxylic acids is 1. The number of anilines is 1. The molecule has 7 heteroatoms. The molecule has 0 radical (unpaired) electrons. The van der Waals surface area contributed by atoms with E-state index in [0.29, 0.717) is 10.6 Å². The largest absolute Gasteiger partial charge is 0.459 e. The fourth-order valence-corrected chi connectivity index (χ4v) is 2.03. The third-order valence-corrected chi connectivity index (χ3v) is 3.26. The van der Waals surface area contributed by atoms with Gasteiger partial charge in [0.2, 0.25) is 0 Å². The van der Waals surface area contributed by atoms with Crippen molar-refractivity contribution < 1.29 is 9.53 Å². The van der Waals surface area contributed by atoms with Crippen LogP contribution >= 0.6 is 15.9 Å². The van der Waals surface area contributed by atoms with E-state index in [-0.39, 0.29) is 17.9 Å². The summed E-state index contributed by atoms with van der Waals surface area (Å²) in [7, 11) is 0. The summed E-state index contributed by atoms with van der Waals surface area (Å²) in [5.41, 5.74) is -0.896. The first kappa shape index (κ1) is 15.0. The van der Waals surface area contributed by atoms with E-state index in [1.165, 1.54) is 10.8 Å². The summed E-state index contributed by atoms with van der Waals surface area (Å²) < 4.78 is 6.99. The summed E-state index contributed by atoms with van der Waals surface area (Å²) in [6.45, 7) is 5.22. The van der Waals surface area contributed by atoms with Gasteiger partial charge in [-0.2, -0.15) is 0 Å². The molecule has 1 aromatic rings. The van der Waals surface area contributed by atoms with Gasteiger partial charge >= 0.3 is 5.97 Å². The van der Waals surface area contributed by atoms with Crippen LogP contribution in [0.2, 0.25) is 0 Å². The Morgan fingerprint density at radius 1 is 1.55 bits per heavy atom. The van der Waals surface area contributed by atoms with Crippen molar-refractivity contribution in [2.75, 3.05) is 5.32 Å². The number of hydrogen-bond acceptors (Lipinski definition) is 5. The van der Waals surface area contributed by atoms with Crippen LogP contribution in [0.4, 0.5) is 5.82 Å². The molecule has 1 aromatic heterocycles. The third kappa shape index (κ3) is 4.06. The van der Waals surface area contributed by atoms with Crippen LogP contribution in [0.3, 0.4) is 0 Å². The van der Waals surface area contributed by atoms with Gasteiger partial charge in [0.25, 0.3) is 5.56 Å². The fourth-order valence-electron chi connectivity index (χ4n) is 1.64. The van der Waals surface area contributed by atoms with Crippen molar-refractivity contribution in [2.45, 2.75) is 51.8 Å². The number of ether oxygens (including phenoxy) is 1. The van der Waals surface area contributed by atoms with Gasteiger partial charge in [-0.05, 0) is 49.5 Å². The lowest BCUT2D eigenvalue weighted by atomic mass is 10.2. The fraction of sp³-hybridized carbons (Fsp3) is 0.615. The molecule has 0 atom stereocenters. The second kappa shape index (κ2) is 5.55. The average Bonchev–Trinajstić information content (AvgIpc) is 3.10. The molecule has 0 unspecified atom stereocenters. The lowest BCUT2D eigenvalue weighted by Crippen LogP contribution is -2.32. The molecule has 0 aliphatic heterocycles. The number of aromatic nitrogens is 2. The number of rotatable bonds is 4. The minimum absolute atomic E-state index is 0.140. The van der Waals surface area contributed by atoms with Crippen molar-refractivity contribution in [3.63, 3.8) is 0 Å². The molecule has 0 aromatic carbocycles. The Kier molecular flexibility index (Phi) is 4.17. The van der Waals surface area contributed by atoms with E-state index in [9.17, 15) is 9.59 Å². The molecule has 2 rings (SSSR count). The Bertz CT molecular complexity index is 573. The van der Waals surface area contributed by atoms with Gasteiger partial charge in [-0.25, -0.2) is 4.98 Å². The quantitative estimate of drug-likeness (QED) is 0.845. The van der Waals surface area contributed by atoms with Gasteiger partial charge in [0.05, 0.1) is 6.20 Å². The molecular formula is C13H18BrN3O3. The van der Waals surface area contributed by atoms with Crippen molar-refractivity contribution in [1.29, 1.82) is 0 Å². The number of carbonyl (C=O) groups is 1. The second-order valence-corrected chi connectivity index (χ2v) is 6.64. The summed E-state index contributed by atoms with van der Waals surface area (Å²) in [5.74, 6) is -0.178. The van der Waals surface area contributed by atoms with Crippen LogP contribution in [0, 0.1) is 0 Å². The molecule has 1 aliphatic rings. The van der Waals surface area contributed by atoms with E-state index in [1.807, 2.05) is 0 Å². The molecule has 0 saturated heterocycles. The Balaban J connectivity index is 2.17. The van der Waals surface area contributed by atoms with Crippen molar-refractivity contribution in [2.24, 2.45) is 0 Å². The monoisotopic (exact) mass is 343 g/mol. The zero-order valence-corrected chi connectivity index (χ0v) is 13.4. The van der Waals surface area contributed by atoms with Crippen molar-refractivity contribution in [1.82, 2.24) is 9.55 Å². The smallest absolute Gasteiger partial charge is 0.326 e. The molecule has 6 nitrogen and oxygen atoms in total. The number of hydrogen-bond donors (Lipinski definition) is 1. The maximum atomic E-state index is 12.3. The summed E-state index contributed by atoms with van der Waals surface area (Å²) in [5, 5.41) is 3.06. The van der Waals surface area contributed by atoms with E-state index in [2.05, 4.69) is 26.2 Å². The molecule has 0 bridgehead atoms. The van der Waals surface area contributed by atoms with Crippen molar-refractivity contribution in [3.05, 3.63) is 21.2 Å². The predicted molar refractivity (Wildman–Crippen MR) is 78.7 cm³/mol. The molecule has 1 heterocycles. The minimum atomic E-state index is -0.574. The van der Waals surface area contributed by atoms with Crippen molar-refractivity contribution in [3.8, 4) is 0 Å². The van der Waals surface area contributed by atoms with Crippen LogP contribution in [0.25, 0.3) is 0 Å². The Hall–Kier alpha value is -1.37. The average molecular weight is 344 g/mol. The van der Waals surface area contributed by atoms with Crippen LogP contribution in [0.15, 0.2) is 15.6 Å². The zero-order chi connectivity index (χ0) is 14.9. The van der Waals surface area contributed by atoms with Crippen molar-refractivity contribution >= 4 is 27.7 Å². The van der Waals surface area contributed by atoms with Crippen LogP contribution in [-0.4, -0.2) is 27.2 Å². The highest BCUT2D eigenvalue weighted by atomic mass is 79.9. The summed E-state index contributed by atoms with van der Waals surface area (Å²) >= 11 is 3.24. The SMILES string of the molecule is CC(C)(C)OC(=O)Cn1c(Br)cnc(NC2CC2)c1=O. The van der Waals surface area contributed by atoms with Crippen LogP contribution in [0.1, 0.15) is 33.6 Å². The molecule has 20 heavy (non-hydrogen) atoms. The first-order valence-electron chi connectivity index (χ1n) is 6.50. The maximum absolute atomic E-state index is 12.3. The van der Waals surface area contributed by atoms with E-state index < -0.39 is 11.6 Å². The molecular weight excluding hydrogens is 326 g/mol. The molecule has 1 N–H and O–H groups in total.